The van der Waals surface area contributed by atoms with E-state index in [9.17, 15) is 0 Å². The van der Waals surface area contributed by atoms with Gasteiger partial charge in [0, 0.05) is 30.3 Å². The van der Waals surface area contributed by atoms with E-state index >= 15 is 0 Å². The van der Waals surface area contributed by atoms with Crippen molar-refractivity contribution >= 4 is 11.8 Å². The Kier molecular flexibility index (Phi) is 8.14. The Morgan fingerprint density at radius 3 is 2.67 bits per heavy atom. The van der Waals surface area contributed by atoms with Crippen LogP contribution in [-0.2, 0) is 11.2 Å². The van der Waals surface area contributed by atoms with Crippen LogP contribution in [0.1, 0.15) is 55.8 Å². The number of aliphatic imine (C=N–C) groups is 1. The van der Waals surface area contributed by atoms with Crippen LogP contribution in [0.15, 0.2) is 46.9 Å². The summed E-state index contributed by atoms with van der Waals surface area (Å²) in [6, 6.07) is 6.21. The largest absolute Gasteiger partial charge is 0.494 e. The Bertz CT molecular complexity index is 796. The first kappa shape index (κ1) is 20.8. The Hall–Kier alpha value is -2.53. The smallest absolute Gasteiger partial charge is 0.146 e. The lowest BCUT2D eigenvalue weighted by Crippen LogP contribution is -1.93. The van der Waals surface area contributed by atoms with E-state index in [0.29, 0.717) is 0 Å². The summed E-state index contributed by atoms with van der Waals surface area (Å²) in [5.41, 5.74) is 6.46. The van der Waals surface area contributed by atoms with Crippen LogP contribution in [0.2, 0.25) is 0 Å². The number of nitrogens with one attached hydrogen (secondary N) is 2. The summed E-state index contributed by atoms with van der Waals surface area (Å²) in [6.07, 6.45) is 10.8. The van der Waals surface area contributed by atoms with Crippen LogP contribution in [-0.4, -0.2) is 34.5 Å². The van der Waals surface area contributed by atoms with Gasteiger partial charge >= 0.3 is 0 Å². The fourth-order valence-electron chi connectivity index (χ4n) is 2.99. The van der Waals surface area contributed by atoms with Crippen LogP contribution in [0.3, 0.4) is 0 Å². The van der Waals surface area contributed by atoms with E-state index in [2.05, 4.69) is 36.0 Å². The minimum atomic E-state index is 0.250. The predicted molar refractivity (Wildman–Crippen MR) is 112 cm³/mol. The molecule has 3 N–H and O–H groups in total. The number of methoxy groups -OCH3 is 1. The van der Waals surface area contributed by atoms with Gasteiger partial charge in [0.25, 0.3) is 0 Å². The van der Waals surface area contributed by atoms with Gasteiger partial charge in [0.15, 0.2) is 0 Å². The highest BCUT2D eigenvalue weighted by molar-refractivity contribution is 6.11. The van der Waals surface area contributed by atoms with E-state index in [-0.39, 0.29) is 6.61 Å². The van der Waals surface area contributed by atoms with E-state index in [1.54, 1.807) is 14.0 Å². The number of allylic oxidation sites excluding steroid dienone is 1. The molecule has 0 atom stereocenters. The predicted octanol–water partition coefficient (Wildman–Crippen LogP) is 4.76. The quantitative estimate of drug-likeness (QED) is 0.616. The maximum Gasteiger partial charge on any atom is 0.146 e. The molecule has 0 aliphatic carbocycles. The second-order valence-electron chi connectivity index (χ2n) is 6.47. The van der Waals surface area contributed by atoms with Crippen molar-refractivity contribution in [2.75, 3.05) is 13.7 Å². The zero-order valence-electron chi connectivity index (χ0n) is 16.8. The molecule has 0 bridgehead atoms. The summed E-state index contributed by atoms with van der Waals surface area (Å²) in [5.74, 6) is 0.791. The molecule has 5 nitrogen and oxygen atoms in total. The van der Waals surface area contributed by atoms with Gasteiger partial charge in [-0.15, -0.1) is 0 Å². The number of hydrogen-bond acceptors (Lipinski definition) is 3. The summed E-state index contributed by atoms with van der Waals surface area (Å²) >= 11 is 0. The molecule has 0 unspecified atom stereocenters. The summed E-state index contributed by atoms with van der Waals surface area (Å²) in [5, 5.41) is 7.57. The van der Waals surface area contributed by atoms with Crippen molar-refractivity contribution < 1.29 is 9.84 Å². The molecule has 0 radical (unpaired) electrons. The minimum Gasteiger partial charge on any atom is -0.494 e. The fourth-order valence-corrected chi connectivity index (χ4v) is 2.99. The Balaban J connectivity index is 0.000000817. The average Bonchev–Trinajstić information content (AvgIpc) is 3.37. The topological polar surface area (TPSA) is 73.4 Å². The first-order valence-electron chi connectivity index (χ1n) is 9.62. The molecule has 1 aliphatic rings. The molecule has 2 aromatic rings. The number of nitrogens with zero attached hydrogens (tertiary/aromatic N) is 1. The standard InChI is InChI=1S/C20H25N3O.C2H6O/c1-4-5-6-8-15-11-16(22-14(15)2)12-19-20(24-3)13-18(23-19)17-9-7-10-21-17;1-2-3/h7,9-13,21-22H,4-6,8H2,1-3H3;3H,2H2,1H3. The molecular formula is C22H31N3O2. The zero-order chi connectivity index (χ0) is 19.6. The lowest BCUT2D eigenvalue weighted by molar-refractivity contribution is 0.303. The summed E-state index contributed by atoms with van der Waals surface area (Å²) in [6.45, 7) is 6.30. The first-order valence-corrected chi connectivity index (χ1v) is 9.62. The highest BCUT2D eigenvalue weighted by Gasteiger charge is 2.17. The van der Waals surface area contributed by atoms with Crippen LogP contribution < -0.4 is 0 Å². The van der Waals surface area contributed by atoms with E-state index in [1.165, 1.54) is 30.5 Å². The molecule has 0 fully saturated rings. The molecule has 0 saturated heterocycles. The first-order chi connectivity index (χ1) is 13.1. The number of aliphatic hydroxyl groups excluding tert-OH is 1. The second-order valence-corrected chi connectivity index (χ2v) is 6.47. The molecule has 3 heterocycles. The molecule has 146 valence electrons. The van der Waals surface area contributed by atoms with Gasteiger partial charge in [-0.2, -0.15) is 0 Å². The number of hydrogen-bond donors (Lipinski definition) is 3. The number of H-pyrrole nitrogens is 2. The lowest BCUT2D eigenvalue weighted by Gasteiger charge is -2.00. The molecule has 5 heteroatoms. The maximum absolute atomic E-state index is 7.57. The molecular weight excluding hydrogens is 338 g/mol. The van der Waals surface area contributed by atoms with Crippen molar-refractivity contribution in [1.29, 1.82) is 0 Å². The number of aliphatic hydroxyl groups is 1. The normalized spacial score (nSPS) is 14.6. The van der Waals surface area contributed by atoms with Crippen LogP contribution >= 0.6 is 0 Å². The Morgan fingerprint density at radius 2 is 2.04 bits per heavy atom. The molecule has 0 spiro atoms. The van der Waals surface area contributed by atoms with Crippen molar-refractivity contribution in [2.24, 2.45) is 4.99 Å². The van der Waals surface area contributed by atoms with Crippen LogP contribution in [0.5, 0.6) is 0 Å². The summed E-state index contributed by atoms with van der Waals surface area (Å²) in [7, 11) is 1.68. The zero-order valence-corrected chi connectivity index (χ0v) is 16.8. The molecule has 3 rings (SSSR count). The number of rotatable bonds is 7. The number of aryl methyl sites for hydroxylation is 2. The van der Waals surface area contributed by atoms with Gasteiger partial charge in [-0.25, -0.2) is 4.99 Å². The molecule has 27 heavy (non-hydrogen) atoms. The SMILES string of the molecule is CCCCCc1cc(C=C2N=C(c3ccc[nH]3)C=C2OC)[nH]c1C.CCO. The lowest BCUT2D eigenvalue weighted by atomic mass is 10.1. The third-order valence-corrected chi connectivity index (χ3v) is 4.34. The van der Waals surface area contributed by atoms with Gasteiger partial charge in [-0.1, -0.05) is 19.8 Å². The monoisotopic (exact) mass is 369 g/mol. The van der Waals surface area contributed by atoms with Gasteiger partial charge in [-0.3, -0.25) is 0 Å². The Morgan fingerprint density at radius 1 is 1.26 bits per heavy atom. The van der Waals surface area contributed by atoms with Crippen molar-refractivity contribution in [3.8, 4) is 0 Å². The highest BCUT2D eigenvalue weighted by Crippen LogP contribution is 2.25. The molecule has 0 aromatic carbocycles. The van der Waals surface area contributed by atoms with E-state index in [0.717, 1.165) is 35.0 Å². The summed E-state index contributed by atoms with van der Waals surface area (Å²) < 4.78 is 5.49. The van der Waals surface area contributed by atoms with Gasteiger partial charge in [-0.05, 0) is 56.5 Å². The fraction of sp³-hybridized carbons (Fsp3) is 0.409. The number of ether oxygens (including phenoxy) is 1. The van der Waals surface area contributed by atoms with Crippen LogP contribution in [0.4, 0.5) is 0 Å². The van der Waals surface area contributed by atoms with E-state index in [4.69, 9.17) is 14.8 Å². The van der Waals surface area contributed by atoms with Gasteiger partial charge < -0.3 is 19.8 Å². The van der Waals surface area contributed by atoms with E-state index in [1.807, 2.05) is 24.4 Å². The highest BCUT2D eigenvalue weighted by atomic mass is 16.5. The molecule has 0 amide bonds. The third kappa shape index (κ3) is 5.73. The van der Waals surface area contributed by atoms with Crippen LogP contribution in [0.25, 0.3) is 6.08 Å². The van der Waals surface area contributed by atoms with Crippen molar-refractivity contribution in [3.63, 3.8) is 0 Å². The maximum atomic E-state index is 7.57. The van der Waals surface area contributed by atoms with Gasteiger partial charge in [0.05, 0.1) is 18.5 Å². The summed E-state index contributed by atoms with van der Waals surface area (Å²) in [4.78, 5) is 11.3. The second kappa shape index (κ2) is 10.6. The van der Waals surface area contributed by atoms with Gasteiger partial charge in [0.2, 0.25) is 0 Å². The van der Waals surface area contributed by atoms with Crippen molar-refractivity contribution in [2.45, 2.75) is 46.5 Å². The number of aromatic amines is 2. The Labute approximate surface area is 161 Å². The van der Waals surface area contributed by atoms with Crippen LogP contribution in [0, 0.1) is 6.92 Å². The van der Waals surface area contributed by atoms with Crippen molar-refractivity contribution in [1.82, 2.24) is 9.97 Å². The number of aromatic nitrogens is 2. The van der Waals surface area contributed by atoms with Gasteiger partial charge in [0.1, 0.15) is 11.5 Å². The molecule has 1 aliphatic heterocycles. The van der Waals surface area contributed by atoms with Crippen molar-refractivity contribution in [3.05, 3.63) is 64.6 Å². The number of unbranched alkanes of at least 4 members (excludes halogenated alkanes) is 2. The average molecular weight is 370 g/mol. The molecule has 2 aromatic heterocycles. The van der Waals surface area contributed by atoms with E-state index < -0.39 is 0 Å². The minimum absolute atomic E-state index is 0.250. The third-order valence-electron chi connectivity index (χ3n) is 4.34. The molecule has 0 saturated carbocycles.